The summed E-state index contributed by atoms with van der Waals surface area (Å²) < 4.78 is 8.00. The molecule has 3 heterocycles. The molecule has 7 nitrogen and oxygen atoms in total. The van der Waals surface area contributed by atoms with Gasteiger partial charge in [0.05, 0.1) is 24.2 Å². The van der Waals surface area contributed by atoms with Crippen molar-refractivity contribution in [3.05, 3.63) is 40.9 Å². The summed E-state index contributed by atoms with van der Waals surface area (Å²) in [5.74, 6) is 2.31. The average molecular weight is 428 g/mol. The van der Waals surface area contributed by atoms with Crippen LogP contribution in [0.25, 0.3) is 0 Å². The number of benzene rings is 1. The van der Waals surface area contributed by atoms with Crippen LogP contribution < -0.4 is 4.74 Å². The minimum atomic E-state index is 0.0189. The molecule has 2 saturated heterocycles. The number of nitrogens with zero attached hydrogens (tertiary/aromatic N) is 5. The summed E-state index contributed by atoms with van der Waals surface area (Å²) in [6, 6.07) is 6.37. The smallest absolute Gasteiger partial charge is 0.320 e. The molecule has 1 aromatic carbocycles. The first-order chi connectivity index (χ1) is 14.5. The average Bonchev–Trinajstić information content (AvgIpc) is 3.35. The normalized spacial score (nSPS) is 23.1. The van der Waals surface area contributed by atoms with Gasteiger partial charge in [-0.2, -0.15) is 5.10 Å². The van der Waals surface area contributed by atoms with Crippen LogP contribution in [-0.4, -0.2) is 62.9 Å². The third-order valence-electron chi connectivity index (χ3n) is 7.00. The molecule has 0 radical (unpaired) electrons. The summed E-state index contributed by atoms with van der Waals surface area (Å²) in [7, 11) is 0. The van der Waals surface area contributed by atoms with Gasteiger partial charge in [0.1, 0.15) is 18.2 Å². The molecule has 0 atom stereocenters. The Balaban J connectivity index is 0.959. The zero-order valence-corrected chi connectivity index (χ0v) is 17.9. The van der Waals surface area contributed by atoms with E-state index in [1.54, 1.807) is 0 Å². The number of ether oxygens (including phenoxy) is 1. The highest BCUT2D eigenvalue weighted by Crippen LogP contribution is 2.54. The lowest BCUT2D eigenvalue weighted by Crippen LogP contribution is -2.69. The Hall–Kier alpha value is -2.28. The standard InChI is InChI=1S/C22H26ClN5O2/c1-14-2-5-19(18(23)6-14)30-17-9-26(10-17)21(29)27-11-22(12-27)7-16(8-22)28-13-24-20(25-28)15-3-4-15/h2,5-6,13,15-17H,3-4,7-12H2,1H3. The molecule has 4 aliphatic rings. The van der Waals surface area contributed by atoms with Gasteiger partial charge < -0.3 is 14.5 Å². The van der Waals surface area contributed by atoms with E-state index < -0.39 is 0 Å². The van der Waals surface area contributed by atoms with Gasteiger partial charge in [-0.15, -0.1) is 0 Å². The van der Waals surface area contributed by atoms with Crippen LogP contribution in [0.1, 0.15) is 49.0 Å². The van der Waals surface area contributed by atoms with Crippen LogP contribution in [-0.2, 0) is 0 Å². The first-order valence-corrected chi connectivity index (χ1v) is 11.2. The second kappa shape index (κ2) is 6.61. The summed E-state index contributed by atoms with van der Waals surface area (Å²) in [6.45, 7) is 4.97. The molecule has 2 aliphatic carbocycles. The quantitative estimate of drug-likeness (QED) is 0.747. The van der Waals surface area contributed by atoms with Crippen LogP contribution >= 0.6 is 11.6 Å². The number of hydrogen-bond acceptors (Lipinski definition) is 4. The zero-order valence-electron chi connectivity index (χ0n) is 17.1. The maximum absolute atomic E-state index is 12.7. The van der Waals surface area contributed by atoms with Gasteiger partial charge in [-0.1, -0.05) is 17.7 Å². The fraction of sp³-hybridized carbons (Fsp3) is 0.591. The minimum Gasteiger partial charge on any atom is -0.485 e. The van der Waals surface area contributed by atoms with E-state index in [9.17, 15) is 4.79 Å². The first-order valence-electron chi connectivity index (χ1n) is 10.9. The van der Waals surface area contributed by atoms with Crippen molar-refractivity contribution in [1.82, 2.24) is 24.6 Å². The molecule has 0 N–H and O–H groups in total. The van der Waals surface area contributed by atoms with Gasteiger partial charge in [-0.05, 0) is 50.3 Å². The van der Waals surface area contributed by atoms with Crippen molar-refractivity contribution in [3.63, 3.8) is 0 Å². The number of hydrogen-bond donors (Lipinski definition) is 0. The summed E-state index contributed by atoms with van der Waals surface area (Å²) in [5, 5.41) is 5.30. The van der Waals surface area contributed by atoms with Gasteiger partial charge in [0, 0.05) is 24.4 Å². The number of urea groups is 1. The van der Waals surface area contributed by atoms with Crippen molar-refractivity contribution in [1.29, 1.82) is 0 Å². The Morgan fingerprint density at radius 1 is 1.20 bits per heavy atom. The van der Waals surface area contributed by atoms with Crippen LogP contribution in [0.3, 0.4) is 0 Å². The molecule has 2 aromatic rings. The van der Waals surface area contributed by atoms with Crippen molar-refractivity contribution in [2.45, 2.75) is 50.7 Å². The summed E-state index contributed by atoms with van der Waals surface area (Å²) in [6.07, 6.45) is 6.58. The van der Waals surface area contributed by atoms with Gasteiger partial charge >= 0.3 is 6.03 Å². The van der Waals surface area contributed by atoms with Gasteiger partial charge in [0.2, 0.25) is 0 Å². The Morgan fingerprint density at radius 3 is 2.67 bits per heavy atom. The number of aromatic nitrogens is 3. The number of aryl methyl sites for hydroxylation is 1. The van der Waals surface area contributed by atoms with Gasteiger partial charge in [0.25, 0.3) is 0 Å². The lowest BCUT2D eigenvalue weighted by molar-refractivity contribution is -0.0816. The van der Waals surface area contributed by atoms with E-state index in [4.69, 9.17) is 16.3 Å². The molecule has 158 valence electrons. The molecule has 6 rings (SSSR count). The highest BCUT2D eigenvalue weighted by atomic mass is 35.5. The van der Waals surface area contributed by atoms with E-state index in [1.807, 2.05) is 41.2 Å². The highest BCUT2D eigenvalue weighted by molar-refractivity contribution is 6.32. The monoisotopic (exact) mass is 427 g/mol. The maximum Gasteiger partial charge on any atom is 0.320 e. The topological polar surface area (TPSA) is 63.5 Å². The van der Waals surface area contributed by atoms with Crippen LogP contribution in [0.4, 0.5) is 4.79 Å². The van der Waals surface area contributed by atoms with E-state index in [0.717, 1.165) is 37.3 Å². The Morgan fingerprint density at radius 2 is 1.97 bits per heavy atom. The van der Waals surface area contributed by atoms with E-state index >= 15 is 0 Å². The Labute approximate surface area is 180 Å². The minimum absolute atomic E-state index is 0.0189. The van der Waals surface area contributed by atoms with Gasteiger partial charge in [0.15, 0.2) is 5.82 Å². The lowest BCUT2D eigenvalue weighted by Gasteiger charge is -2.59. The Kier molecular flexibility index (Phi) is 4.07. The van der Waals surface area contributed by atoms with Crippen LogP contribution in [0.2, 0.25) is 5.02 Å². The predicted octanol–water partition coefficient (Wildman–Crippen LogP) is 3.64. The summed E-state index contributed by atoms with van der Waals surface area (Å²) in [5.41, 5.74) is 1.40. The molecule has 2 aliphatic heterocycles. The second-order valence-corrected chi connectivity index (χ2v) is 10.0. The number of amides is 2. The first kappa shape index (κ1) is 18.5. The Bertz CT molecular complexity index is 983. The van der Waals surface area contributed by atoms with E-state index in [0.29, 0.717) is 41.2 Å². The molecular weight excluding hydrogens is 402 g/mol. The van der Waals surface area contributed by atoms with E-state index in [-0.39, 0.29) is 12.1 Å². The molecule has 8 heteroatoms. The number of likely N-dealkylation sites (tertiary alicyclic amines) is 2. The third-order valence-corrected chi connectivity index (χ3v) is 7.30. The molecule has 0 bridgehead atoms. The fourth-order valence-electron chi connectivity index (χ4n) is 5.03. The van der Waals surface area contributed by atoms with Crippen molar-refractivity contribution in [2.24, 2.45) is 5.41 Å². The lowest BCUT2D eigenvalue weighted by atomic mass is 9.61. The molecule has 2 amide bonds. The number of carbonyl (C=O) groups is 1. The molecule has 4 fully saturated rings. The van der Waals surface area contributed by atoms with Crippen LogP contribution in [0.15, 0.2) is 24.5 Å². The third kappa shape index (κ3) is 3.14. The molecule has 30 heavy (non-hydrogen) atoms. The molecule has 1 spiro atoms. The number of rotatable bonds is 4. The molecule has 2 saturated carbocycles. The second-order valence-electron chi connectivity index (χ2n) is 9.64. The van der Waals surface area contributed by atoms with E-state index in [2.05, 4.69) is 14.8 Å². The SMILES string of the molecule is Cc1ccc(OC2CN(C(=O)N3CC4(CC(n5cnc(C6CC6)n5)C4)C3)C2)c(Cl)c1. The molecule has 0 unspecified atom stereocenters. The van der Waals surface area contributed by atoms with Gasteiger partial charge in [-0.3, -0.25) is 0 Å². The number of carbonyl (C=O) groups excluding carboxylic acids is 1. The summed E-state index contributed by atoms with van der Waals surface area (Å²) in [4.78, 5) is 21.0. The molecular formula is C22H26ClN5O2. The van der Waals surface area contributed by atoms with Crippen molar-refractivity contribution >= 4 is 17.6 Å². The van der Waals surface area contributed by atoms with Crippen LogP contribution in [0.5, 0.6) is 5.75 Å². The van der Waals surface area contributed by atoms with Crippen molar-refractivity contribution < 1.29 is 9.53 Å². The zero-order chi connectivity index (χ0) is 20.5. The predicted molar refractivity (Wildman–Crippen MR) is 112 cm³/mol. The maximum atomic E-state index is 12.7. The van der Waals surface area contributed by atoms with Crippen molar-refractivity contribution in [2.75, 3.05) is 26.2 Å². The molecule has 1 aromatic heterocycles. The largest absolute Gasteiger partial charge is 0.485 e. The summed E-state index contributed by atoms with van der Waals surface area (Å²) >= 11 is 6.24. The highest BCUT2D eigenvalue weighted by Gasteiger charge is 2.55. The van der Waals surface area contributed by atoms with Gasteiger partial charge in [-0.25, -0.2) is 14.5 Å². The van der Waals surface area contributed by atoms with Crippen LogP contribution in [0, 0.1) is 12.3 Å². The number of halogens is 1. The fourth-order valence-corrected chi connectivity index (χ4v) is 5.31. The van der Waals surface area contributed by atoms with Crippen molar-refractivity contribution in [3.8, 4) is 5.75 Å². The van der Waals surface area contributed by atoms with E-state index in [1.165, 1.54) is 12.8 Å².